The number of hydrogen-bond donors (Lipinski definition) is 1. The summed E-state index contributed by atoms with van der Waals surface area (Å²) in [5, 5.41) is 2.00. The van der Waals surface area contributed by atoms with Crippen molar-refractivity contribution in [1.29, 1.82) is 0 Å². The molecule has 0 bridgehead atoms. The fourth-order valence-corrected chi connectivity index (χ4v) is 3.59. The number of benzene rings is 1. The lowest BCUT2D eigenvalue weighted by atomic mass is 10.0. The van der Waals surface area contributed by atoms with Crippen LogP contribution in [0.2, 0.25) is 0 Å². The van der Waals surface area contributed by atoms with E-state index < -0.39 is 0 Å². The number of nitrogens with zero attached hydrogens (tertiary/aromatic N) is 3. The summed E-state index contributed by atoms with van der Waals surface area (Å²) in [5.74, 6) is 1.13. The third kappa shape index (κ3) is 2.19. The van der Waals surface area contributed by atoms with Crippen LogP contribution < -0.4 is 5.56 Å². The van der Waals surface area contributed by atoms with E-state index in [0.717, 1.165) is 22.2 Å². The minimum absolute atomic E-state index is 0.127. The minimum Gasteiger partial charge on any atom is -0.331 e. The highest BCUT2D eigenvalue weighted by molar-refractivity contribution is 7.17. The Kier molecular flexibility index (Phi) is 3.12. The van der Waals surface area contributed by atoms with Gasteiger partial charge in [-0.1, -0.05) is 24.3 Å². The molecule has 0 saturated carbocycles. The van der Waals surface area contributed by atoms with Crippen LogP contribution in [0.3, 0.4) is 0 Å². The first kappa shape index (κ1) is 13.9. The predicted octanol–water partition coefficient (Wildman–Crippen LogP) is 3.36. The van der Waals surface area contributed by atoms with Crippen LogP contribution in [-0.2, 0) is 7.05 Å². The van der Waals surface area contributed by atoms with E-state index in [1.54, 1.807) is 6.20 Å². The molecule has 0 aliphatic heterocycles. The van der Waals surface area contributed by atoms with Gasteiger partial charge in [-0.15, -0.1) is 11.3 Å². The molecule has 0 atom stereocenters. The van der Waals surface area contributed by atoms with Crippen molar-refractivity contribution < 1.29 is 0 Å². The van der Waals surface area contributed by atoms with E-state index in [4.69, 9.17) is 0 Å². The van der Waals surface area contributed by atoms with Gasteiger partial charge in [0.2, 0.25) is 0 Å². The van der Waals surface area contributed by atoms with E-state index >= 15 is 0 Å². The van der Waals surface area contributed by atoms with E-state index in [9.17, 15) is 4.79 Å². The number of rotatable bonds is 2. The molecule has 0 amide bonds. The fraction of sp³-hybridized carbons (Fsp3) is 0.118. The molecule has 0 aliphatic rings. The number of aromatic amines is 1. The van der Waals surface area contributed by atoms with Crippen molar-refractivity contribution in [2.45, 2.75) is 6.92 Å². The van der Waals surface area contributed by atoms with Crippen LogP contribution in [0.4, 0.5) is 0 Å². The summed E-state index contributed by atoms with van der Waals surface area (Å²) in [6.07, 6.45) is 3.52. The average molecular weight is 322 g/mol. The largest absolute Gasteiger partial charge is 0.331 e. The number of thiophene rings is 1. The van der Waals surface area contributed by atoms with E-state index in [-0.39, 0.29) is 5.56 Å². The van der Waals surface area contributed by atoms with E-state index in [1.807, 2.05) is 35.3 Å². The van der Waals surface area contributed by atoms with Gasteiger partial charge in [-0.3, -0.25) is 4.79 Å². The highest BCUT2D eigenvalue weighted by atomic mass is 32.1. The molecule has 3 aromatic heterocycles. The van der Waals surface area contributed by atoms with Crippen molar-refractivity contribution in [1.82, 2.24) is 19.5 Å². The van der Waals surface area contributed by atoms with E-state index in [0.29, 0.717) is 16.3 Å². The SMILES string of the molecule is Cc1ccccc1-c1csc2c(=O)[nH]c(-c3nccn3C)nc12. The molecule has 5 nitrogen and oxygen atoms in total. The Hall–Kier alpha value is -2.73. The number of nitrogens with one attached hydrogen (secondary N) is 1. The Bertz CT molecular complexity index is 1070. The van der Waals surface area contributed by atoms with Crippen molar-refractivity contribution in [3.05, 3.63) is 58.0 Å². The maximum Gasteiger partial charge on any atom is 0.269 e. The number of aromatic nitrogens is 4. The molecule has 0 unspecified atom stereocenters. The van der Waals surface area contributed by atoms with Crippen LogP contribution in [0.1, 0.15) is 5.56 Å². The Morgan fingerprint density at radius 2 is 2.04 bits per heavy atom. The molecular weight excluding hydrogens is 308 g/mol. The molecule has 4 aromatic rings. The Balaban J connectivity index is 2.02. The zero-order valence-corrected chi connectivity index (χ0v) is 13.5. The average Bonchev–Trinajstić information content (AvgIpc) is 3.14. The molecule has 0 radical (unpaired) electrons. The van der Waals surface area contributed by atoms with Gasteiger partial charge < -0.3 is 9.55 Å². The van der Waals surface area contributed by atoms with Gasteiger partial charge in [0, 0.05) is 30.4 Å². The standard InChI is InChI=1S/C17H14N4OS/c1-10-5-3-4-6-11(10)12-9-23-14-13(12)19-15(20-17(14)22)16-18-7-8-21(16)2/h3-9H,1-2H3,(H,19,20,22). The first-order chi connectivity index (χ1) is 11.1. The van der Waals surface area contributed by atoms with E-state index in [1.165, 1.54) is 11.3 Å². The van der Waals surface area contributed by atoms with Gasteiger partial charge in [0.25, 0.3) is 5.56 Å². The quantitative estimate of drug-likeness (QED) is 0.615. The van der Waals surface area contributed by atoms with Crippen molar-refractivity contribution in [2.75, 3.05) is 0 Å². The van der Waals surface area contributed by atoms with Crippen molar-refractivity contribution in [3.63, 3.8) is 0 Å². The highest BCUT2D eigenvalue weighted by Crippen LogP contribution is 2.33. The molecule has 0 aliphatic carbocycles. The summed E-state index contributed by atoms with van der Waals surface area (Å²) >= 11 is 1.42. The fourth-order valence-electron chi connectivity index (χ4n) is 2.69. The van der Waals surface area contributed by atoms with Crippen LogP contribution in [0, 0.1) is 6.92 Å². The van der Waals surface area contributed by atoms with Gasteiger partial charge in [-0.25, -0.2) is 9.97 Å². The molecule has 0 spiro atoms. The molecular formula is C17H14N4OS. The molecule has 6 heteroatoms. The molecule has 114 valence electrons. The smallest absolute Gasteiger partial charge is 0.269 e. The van der Waals surface area contributed by atoms with Gasteiger partial charge >= 0.3 is 0 Å². The lowest BCUT2D eigenvalue weighted by Crippen LogP contribution is -2.09. The maximum atomic E-state index is 12.4. The molecule has 0 saturated heterocycles. The molecule has 1 aromatic carbocycles. The Morgan fingerprint density at radius 3 is 2.78 bits per heavy atom. The summed E-state index contributed by atoms with van der Waals surface area (Å²) in [7, 11) is 1.88. The van der Waals surface area contributed by atoms with Crippen LogP contribution in [0.5, 0.6) is 0 Å². The second kappa shape index (κ2) is 5.17. The molecule has 0 fully saturated rings. The summed E-state index contributed by atoms with van der Waals surface area (Å²) in [6, 6.07) is 8.12. The lowest BCUT2D eigenvalue weighted by molar-refractivity contribution is 0.907. The van der Waals surface area contributed by atoms with Gasteiger partial charge in [-0.05, 0) is 18.1 Å². The zero-order chi connectivity index (χ0) is 16.0. The monoisotopic (exact) mass is 322 g/mol. The van der Waals surface area contributed by atoms with E-state index in [2.05, 4.69) is 34.0 Å². The third-order valence-electron chi connectivity index (χ3n) is 3.89. The highest BCUT2D eigenvalue weighted by Gasteiger charge is 2.15. The maximum absolute atomic E-state index is 12.4. The topological polar surface area (TPSA) is 63.6 Å². The van der Waals surface area contributed by atoms with Crippen molar-refractivity contribution in [2.24, 2.45) is 7.05 Å². The second-order valence-electron chi connectivity index (χ2n) is 5.42. The summed E-state index contributed by atoms with van der Waals surface area (Å²) < 4.78 is 2.48. The minimum atomic E-state index is -0.127. The normalized spacial score (nSPS) is 11.2. The van der Waals surface area contributed by atoms with Crippen LogP contribution in [0.25, 0.3) is 33.0 Å². The third-order valence-corrected chi connectivity index (χ3v) is 4.86. The number of H-pyrrole nitrogens is 1. The van der Waals surface area contributed by atoms with Crippen LogP contribution in [-0.4, -0.2) is 19.5 Å². The summed E-state index contributed by atoms with van der Waals surface area (Å²) in [5.41, 5.74) is 3.85. The lowest BCUT2D eigenvalue weighted by Gasteiger charge is -2.05. The predicted molar refractivity (Wildman–Crippen MR) is 92.6 cm³/mol. The molecule has 3 heterocycles. The Labute approximate surface area is 136 Å². The number of imidazole rings is 1. The van der Waals surface area contributed by atoms with Crippen molar-refractivity contribution in [3.8, 4) is 22.8 Å². The summed E-state index contributed by atoms with van der Waals surface area (Å²) in [6.45, 7) is 2.06. The van der Waals surface area contributed by atoms with Gasteiger partial charge in [0.1, 0.15) is 4.70 Å². The molecule has 23 heavy (non-hydrogen) atoms. The van der Waals surface area contributed by atoms with Gasteiger partial charge in [0.15, 0.2) is 11.6 Å². The number of aryl methyl sites for hydroxylation is 2. The van der Waals surface area contributed by atoms with Gasteiger partial charge in [-0.2, -0.15) is 0 Å². The zero-order valence-electron chi connectivity index (χ0n) is 12.7. The molecule has 1 N–H and O–H groups in total. The number of fused-ring (bicyclic) bond motifs is 1. The first-order valence-electron chi connectivity index (χ1n) is 7.20. The van der Waals surface area contributed by atoms with Crippen LogP contribution in [0.15, 0.2) is 46.8 Å². The second-order valence-corrected chi connectivity index (χ2v) is 6.30. The molecule has 4 rings (SSSR count). The van der Waals surface area contributed by atoms with Crippen molar-refractivity contribution >= 4 is 21.6 Å². The van der Waals surface area contributed by atoms with Crippen LogP contribution >= 0.6 is 11.3 Å². The summed E-state index contributed by atoms with van der Waals surface area (Å²) in [4.78, 5) is 24.2. The van der Waals surface area contributed by atoms with Gasteiger partial charge in [0.05, 0.1) is 5.52 Å². The number of hydrogen-bond acceptors (Lipinski definition) is 4. The first-order valence-corrected chi connectivity index (χ1v) is 8.08. The Morgan fingerprint density at radius 1 is 1.22 bits per heavy atom.